The molecule has 0 aliphatic carbocycles. The van der Waals surface area contributed by atoms with Crippen LogP contribution in [0.2, 0.25) is 0 Å². The molecule has 144 valence electrons. The summed E-state index contributed by atoms with van der Waals surface area (Å²) in [5, 5.41) is 3.34. The Bertz CT molecular complexity index is 1060. The normalized spacial score (nSPS) is 11.6. The first-order valence-corrected chi connectivity index (χ1v) is 8.56. The van der Waals surface area contributed by atoms with E-state index in [1.807, 2.05) is 30.3 Å². The summed E-state index contributed by atoms with van der Waals surface area (Å²) in [4.78, 5) is 35.9. The molecule has 0 amide bonds. The number of rotatable bonds is 6. The quantitative estimate of drug-likeness (QED) is 0.656. The van der Waals surface area contributed by atoms with Gasteiger partial charge in [0, 0.05) is 23.4 Å². The molecule has 1 heterocycles. The van der Waals surface area contributed by atoms with Gasteiger partial charge in [-0.1, -0.05) is 30.3 Å². The van der Waals surface area contributed by atoms with E-state index in [0.29, 0.717) is 22.4 Å². The van der Waals surface area contributed by atoms with Crippen molar-refractivity contribution >= 4 is 28.6 Å². The highest BCUT2D eigenvalue weighted by Crippen LogP contribution is 2.24. The van der Waals surface area contributed by atoms with Gasteiger partial charge in [0.2, 0.25) is 0 Å². The Balaban J connectivity index is 1.97. The van der Waals surface area contributed by atoms with Gasteiger partial charge in [-0.25, -0.2) is 4.79 Å². The van der Waals surface area contributed by atoms with E-state index in [9.17, 15) is 14.4 Å². The zero-order chi connectivity index (χ0) is 20.1. The van der Waals surface area contributed by atoms with Gasteiger partial charge >= 0.3 is 11.9 Å². The van der Waals surface area contributed by atoms with Gasteiger partial charge in [0.1, 0.15) is 17.4 Å². The lowest BCUT2D eigenvalue weighted by atomic mass is 10.1. The molecule has 3 aromatic rings. The molecule has 1 N–H and O–H groups in total. The van der Waals surface area contributed by atoms with E-state index in [4.69, 9.17) is 9.15 Å². The number of methoxy groups -OCH3 is 2. The number of fused-ring (bicyclic) bond motifs is 1. The topological polar surface area (TPSA) is 94.8 Å². The van der Waals surface area contributed by atoms with Crippen LogP contribution in [0.25, 0.3) is 22.3 Å². The van der Waals surface area contributed by atoms with Crippen LogP contribution in [0.5, 0.6) is 0 Å². The first-order chi connectivity index (χ1) is 13.5. The van der Waals surface area contributed by atoms with Gasteiger partial charge in [0.15, 0.2) is 5.43 Å². The number of hydrogen-bond donors (Lipinski definition) is 1. The van der Waals surface area contributed by atoms with Gasteiger partial charge in [-0.05, 0) is 12.1 Å². The van der Waals surface area contributed by atoms with E-state index < -0.39 is 18.0 Å². The maximum atomic E-state index is 12.4. The maximum absolute atomic E-state index is 12.4. The summed E-state index contributed by atoms with van der Waals surface area (Å²) in [6.07, 6.45) is -0.199. The van der Waals surface area contributed by atoms with Crippen LogP contribution >= 0.6 is 0 Å². The molecule has 0 radical (unpaired) electrons. The third-order valence-electron chi connectivity index (χ3n) is 4.21. The van der Waals surface area contributed by atoms with Gasteiger partial charge in [-0.15, -0.1) is 0 Å². The minimum atomic E-state index is -0.932. The van der Waals surface area contributed by atoms with Gasteiger partial charge in [0.25, 0.3) is 0 Å². The molecule has 28 heavy (non-hydrogen) atoms. The summed E-state index contributed by atoms with van der Waals surface area (Å²) in [5.74, 6) is -0.721. The minimum absolute atomic E-state index is 0.175. The molecule has 7 nitrogen and oxygen atoms in total. The van der Waals surface area contributed by atoms with Crippen LogP contribution in [0, 0.1) is 0 Å². The second kappa shape index (κ2) is 8.39. The number of anilines is 1. The van der Waals surface area contributed by atoms with Crippen LogP contribution in [0.15, 0.2) is 63.8 Å². The van der Waals surface area contributed by atoms with Crippen molar-refractivity contribution in [1.82, 2.24) is 0 Å². The molecular formula is C21H19NO6. The molecule has 0 saturated heterocycles. The van der Waals surface area contributed by atoms with Crippen molar-refractivity contribution in [1.29, 1.82) is 0 Å². The van der Waals surface area contributed by atoms with Crippen molar-refractivity contribution in [2.24, 2.45) is 0 Å². The molecule has 7 heteroatoms. The molecule has 0 unspecified atom stereocenters. The lowest BCUT2D eigenvalue weighted by Gasteiger charge is -2.16. The zero-order valence-corrected chi connectivity index (χ0v) is 15.4. The van der Waals surface area contributed by atoms with E-state index in [1.54, 1.807) is 18.2 Å². The molecule has 0 spiro atoms. The van der Waals surface area contributed by atoms with Crippen LogP contribution in [-0.4, -0.2) is 32.2 Å². The maximum Gasteiger partial charge on any atom is 0.328 e. The molecule has 1 atom stereocenters. The lowest BCUT2D eigenvalue weighted by molar-refractivity contribution is -0.148. The summed E-state index contributed by atoms with van der Waals surface area (Å²) in [6, 6.07) is 14.6. The van der Waals surface area contributed by atoms with Gasteiger partial charge in [-0.2, -0.15) is 0 Å². The van der Waals surface area contributed by atoms with E-state index in [1.165, 1.54) is 20.3 Å². The molecule has 2 aromatic carbocycles. The fraction of sp³-hybridized carbons (Fsp3) is 0.190. The minimum Gasteiger partial charge on any atom is -0.469 e. The molecule has 0 bridgehead atoms. The third-order valence-corrected chi connectivity index (χ3v) is 4.21. The number of hydrogen-bond acceptors (Lipinski definition) is 7. The molecular weight excluding hydrogens is 362 g/mol. The largest absolute Gasteiger partial charge is 0.469 e. The predicted molar refractivity (Wildman–Crippen MR) is 104 cm³/mol. The number of carbonyl (C=O) groups is 2. The van der Waals surface area contributed by atoms with Crippen molar-refractivity contribution in [2.75, 3.05) is 19.5 Å². The Morgan fingerprint density at radius 3 is 2.46 bits per heavy atom. The smallest absolute Gasteiger partial charge is 0.328 e. The highest BCUT2D eigenvalue weighted by Gasteiger charge is 2.23. The summed E-state index contributed by atoms with van der Waals surface area (Å²) in [5.41, 5.74) is 1.46. The van der Waals surface area contributed by atoms with E-state index in [2.05, 4.69) is 10.1 Å². The van der Waals surface area contributed by atoms with E-state index in [-0.39, 0.29) is 11.8 Å². The average molecular weight is 381 g/mol. The van der Waals surface area contributed by atoms with Crippen LogP contribution in [0.3, 0.4) is 0 Å². The SMILES string of the molecule is COC(=O)C[C@H](Nc1ccc2c(=O)cc(-c3ccccc3)oc2c1)C(=O)OC. The standard InChI is InChI=1S/C21H19NO6/c1-26-20(24)11-16(21(25)27-2)22-14-8-9-15-17(23)12-18(28-19(15)10-14)13-6-4-3-5-7-13/h3-10,12,16,22H,11H2,1-2H3/t16-/m0/s1. The number of carbonyl (C=O) groups excluding carboxylic acids is 2. The summed E-state index contributed by atoms with van der Waals surface area (Å²) in [7, 11) is 2.48. The summed E-state index contributed by atoms with van der Waals surface area (Å²) < 4.78 is 15.2. The van der Waals surface area contributed by atoms with E-state index in [0.717, 1.165) is 5.56 Å². The van der Waals surface area contributed by atoms with Crippen LogP contribution in [0.1, 0.15) is 6.42 Å². The first kappa shape index (κ1) is 19.2. The Morgan fingerprint density at radius 1 is 1.04 bits per heavy atom. The number of benzene rings is 2. The van der Waals surface area contributed by atoms with Gasteiger partial charge in [-0.3, -0.25) is 9.59 Å². The van der Waals surface area contributed by atoms with Crippen molar-refractivity contribution in [3.63, 3.8) is 0 Å². The van der Waals surface area contributed by atoms with Crippen molar-refractivity contribution in [3.05, 3.63) is 64.8 Å². The van der Waals surface area contributed by atoms with Crippen molar-refractivity contribution < 1.29 is 23.5 Å². The Hall–Kier alpha value is -3.61. The molecule has 0 aliphatic heterocycles. The van der Waals surface area contributed by atoms with E-state index >= 15 is 0 Å². The molecule has 3 rings (SSSR count). The zero-order valence-electron chi connectivity index (χ0n) is 15.4. The van der Waals surface area contributed by atoms with Crippen molar-refractivity contribution in [3.8, 4) is 11.3 Å². The van der Waals surface area contributed by atoms with Crippen LogP contribution in [-0.2, 0) is 19.1 Å². The molecule has 0 aliphatic rings. The monoisotopic (exact) mass is 381 g/mol. The lowest BCUT2D eigenvalue weighted by Crippen LogP contribution is -2.33. The second-order valence-electron chi connectivity index (χ2n) is 6.05. The molecule has 0 saturated carbocycles. The summed E-state index contributed by atoms with van der Waals surface area (Å²) >= 11 is 0. The number of ether oxygens (including phenoxy) is 2. The van der Waals surface area contributed by atoms with Gasteiger partial charge < -0.3 is 19.2 Å². The highest BCUT2D eigenvalue weighted by molar-refractivity contribution is 5.87. The highest BCUT2D eigenvalue weighted by atomic mass is 16.5. The Kier molecular flexibility index (Phi) is 5.74. The Labute approximate surface area is 160 Å². The second-order valence-corrected chi connectivity index (χ2v) is 6.05. The first-order valence-electron chi connectivity index (χ1n) is 8.56. The fourth-order valence-corrected chi connectivity index (χ4v) is 2.78. The van der Waals surface area contributed by atoms with Crippen LogP contribution < -0.4 is 10.7 Å². The molecule has 0 fully saturated rings. The fourth-order valence-electron chi connectivity index (χ4n) is 2.78. The molecule has 1 aromatic heterocycles. The van der Waals surface area contributed by atoms with Crippen LogP contribution in [0.4, 0.5) is 5.69 Å². The predicted octanol–water partition coefficient (Wildman–Crippen LogP) is 2.98. The number of esters is 2. The van der Waals surface area contributed by atoms with Crippen molar-refractivity contribution in [2.45, 2.75) is 12.5 Å². The van der Waals surface area contributed by atoms with Gasteiger partial charge in [0.05, 0.1) is 26.0 Å². The third kappa shape index (κ3) is 4.20. The Morgan fingerprint density at radius 2 is 1.79 bits per heavy atom. The average Bonchev–Trinajstić information content (AvgIpc) is 2.72. The number of nitrogens with one attached hydrogen (secondary N) is 1. The summed E-state index contributed by atoms with van der Waals surface area (Å²) in [6.45, 7) is 0.